The summed E-state index contributed by atoms with van der Waals surface area (Å²) in [7, 11) is 0. The molecule has 4 heteroatoms. The summed E-state index contributed by atoms with van der Waals surface area (Å²) in [6, 6.07) is 19.9. The number of nitrogens with one attached hydrogen (secondary N) is 2. The highest BCUT2D eigenvalue weighted by Crippen LogP contribution is 2.20. The Morgan fingerprint density at radius 1 is 0.889 bits per heavy atom. The molecule has 2 aromatic carbocycles. The van der Waals surface area contributed by atoms with Crippen LogP contribution in [-0.4, -0.2) is 25.5 Å². The van der Waals surface area contributed by atoms with Crippen molar-refractivity contribution < 1.29 is 22.1 Å². The van der Waals surface area contributed by atoms with E-state index in [4.69, 9.17) is 0 Å². The van der Waals surface area contributed by atoms with E-state index in [0.717, 1.165) is 18.4 Å². The molecule has 0 aliphatic carbocycles. The maximum atomic E-state index is 12.6. The Morgan fingerprint density at radius 3 is 2.19 bits per heavy atom. The molecule has 2 aromatic rings. The first-order chi connectivity index (χ1) is 12.8. The Bertz CT molecular complexity index is 657. The highest BCUT2D eigenvalue weighted by Gasteiger charge is 2.17. The zero-order valence-corrected chi connectivity index (χ0v) is 16.8. The molecule has 1 saturated heterocycles. The Labute approximate surface area is 169 Å². The van der Waals surface area contributed by atoms with Crippen molar-refractivity contribution in [1.29, 1.82) is 0 Å². The van der Waals surface area contributed by atoms with Crippen molar-refractivity contribution >= 4 is 5.91 Å². The smallest absolute Gasteiger partial charge is 0.251 e. The van der Waals surface area contributed by atoms with E-state index in [9.17, 15) is 4.79 Å². The van der Waals surface area contributed by atoms with Gasteiger partial charge in [-0.25, -0.2) is 0 Å². The lowest BCUT2D eigenvalue weighted by Crippen LogP contribution is -3.12. The van der Waals surface area contributed by atoms with Crippen LogP contribution in [0.4, 0.5) is 0 Å². The van der Waals surface area contributed by atoms with E-state index < -0.39 is 0 Å². The zero-order valence-electron chi connectivity index (χ0n) is 16.0. The average molecular weight is 387 g/mol. The van der Waals surface area contributed by atoms with E-state index in [-0.39, 0.29) is 24.4 Å². The lowest BCUT2D eigenvalue weighted by molar-refractivity contribution is -0.905. The second-order valence-corrected chi connectivity index (χ2v) is 7.36. The molecule has 1 unspecified atom stereocenters. The zero-order chi connectivity index (χ0) is 18.0. The summed E-state index contributed by atoms with van der Waals surface area (Å²) in [6.07, 6.45) is 7.56. The second kappa shape index (κ2) is 11.8. The lowest BCUT2D eigenvalue weighted by Gasteiger charge is -2.24. The molecule has 0 saturated carbocycles. The third-order valence-corrected chi connectivity index (χ3v) is 5.38. The summed E-state index contributed by atoms with van der Waals surface area (Å²) in [6.45, 7) is 3.95. The first-order valence-corrected chi connectivity index (χ1v) is 10.1. The molecule has 1 atom stereocenters. The SMILES string of the molecule is O=C(NC(CCCC[NH+]1CCCCC1)c1ccccc1)c1ccccc1.[Cl-]. The summed E-state index contributed by atoms with van der Waals surface area (Å²) >= 11 is 0. The maximum absolute atomic E-state index is 12.6. The fourth-order valence-electron chi connectivity index (χ4n) is 3.86. The van der Waals surface area contributed by atoms with Gasteiger partial charge in [-0.1, -0.05) is 48.5 Å². The highest BCUT2D eigenvalue weighted by molar-refractivity contribution is 5.94. The minimum absolute atomic E-state index is 0. The fourth-order valence-corrected chi connectivity index (χ4v) is 3.86. The predicted octanol–water partition coefficient (Wildman–Crippen LogP) is 0.401. The van der Waals surface area contributed by atoms with Gasteiger partial charge in [-0.3, -0.25) is 4.79 Å². The van der Waals surface area contributed by atoms with Gasteiger partial charge in [0.25, 0.3) is 5.91 Å². The number of rotatable bonds is 8. The summed E-state index contributed by atoms with van der Waals surface area (Å²) in [5, 5.41) is 3.24. The lowest BCUT2D eigenvalue weighted by atomic mass is 10.00. The van der Waals surface area contributed by atoms with Crippen molar-refractivity contribution in [2.75, 3.05) is 19.6 Å². The molecule has 1 amide bonds. The largest absolute Gasteiger partial charge is 1.00 e. The maximum Gasteiger partial charge on any atom is 0.251 e. The van der Waals surface area contributed by atoms with Crippen LogP contribution in [0.15, 0.2) is 60.7 Å². The average Bonchev–Trinajstić information content (AvgIpc) is 2.72. The van der Waals surface area contributed by atoms with Gasteiger partial charge in [-0.2, -0.15) is 0 Å². The topological polar surface area (TPSA) is 33.5 Å². The van der Waals surface area contributed by atoms with Crippen molar-refractivity contribution in [3.05, 3.63) is 71.8 Å². The summed E-state index contributed by atoms with van der Waals surface area (Å²) < 4.78 is 0. The highest BCUT2D eigenvalue weighted by atomic mass is 35.5. The number of carbonyl (C=O) groups is 1. The summed E-state index contributed by atoms with van der Waals surface area (Å²) in [4.78, 5) is 14.4. The number of carbonyl (C=O) groups excluding carboxylic acids is 1. The Balaban J connectivity index is 0.00000261. The van der Waals surface area contributed by atoms with Crippen LogP contribution in [-0.2, 0) is 0 Å². The minimum atomic E-state index is 0. The molecule has 0 spiro atoms. The molecular weight excluding hydrogens is 356 g/mol. The Morgan fingerprint density at radius 2 is 1.52 bits per heavy atom. The molecular formula is C23H31ClN2O. The van der Waals surface area contributed by atoms with E-state index in [1.807, 2.05) is 36.4 Å². The van der Waals surface area contributed by atoms with Crippen LogP contribution in [0, 0.1) is 0 Å². The molecule has 3 rings (SSSR count). The van der Waals surface area contributed by atoms with Crippen LogP contribution in [0.3, 0.4) is 0 Å². The molecule has 1 fully saturated rings. The van der Waals surface area contributed by atoms with E-state index in [2.05, 4.69) is 29.6 Å². The molecule has 27 heavy (non-hydrogen) atoms. The van der Waals surface area contributed by atoms with Gasteiger partial charge in [0, 0.05) is 5.56 Å². The number of benzene rings is 2. The van der Waals surface area contributed by atoms with Gasteiger partial charge in [0.2, 0.25) is 0 Å². The van der Waals surface area contributed by atoms with Crippen LogP contribution < -0.4 is 22.6 Å². The number of likely N-dealkylation sites (tertiary alicyclic amines) is 1. The molecule has 1 aliphatic rings. The van der Waals surface area contributed by atoms with Crippen molar-refractivity contribution in [2.24, 2.45) is 0 Å². The molecule has 146 valence electrons. The molecule has 2 N–H and O–H groups in total. The van der Waals surface area contributed by atoms with Gasteiger partial charge >= 0.3 is 0 Å². The Hall–Kier alpha value is -1.84. The van der Waals surface area contributed by atoms with E-state index >= 15 is 0 Å². The number of halogens is 1. The summed E-state index contributed by atoms with van der Waals surface area (Å²) in [5.41, 5.74) is 1.92. The van der Waals surface area contributed by atoms with Crippen molar-refractivity contribution in [1.82, 2.24) is 5.32 Å². The van der Waals surface area contributed by atoms with Gasteiger partial charge in [0.05, 0.1) is 25.7 Å². The van der Waals surface area contributed by atoms with Crippen molar-refractivity contribution in [3.63, 3.8) is 0 Å². The van der Waals surface area contributed by atoms with Crippen molar-refractivity contribution in [3.8, 4) is 0 Å². The van der Waals surface area contributed by atoms with Crippen LogP contribution >= 0.6 is 0 Å². The van der Waals surface area contributed by atoms with Gasteiger partial charge in [0.1, 0.15) is 0 Å². The molecule has 3 nitrogen and oxygen atoms in total. The van der Waals surface area contributed by atoms with Crippen molar-refractivity contribution in [2.45, 2.75) is 44.6 Å². The first kappa shape index (κ1) is 21.5. The normalized spacial score (nSPS) is 15.6. The summed E-state index contributed by atoms with van der Waals surface area (Å²) in [5.74, 6) is 0.0149. The third-order valence-electron chi connectivity index (χ3n) is 5.38. The molecule has 1 aliphatic heterocycles. The monoisotopic (exact) mass is 386 g/mol. The second-order valence-electron chi connectivity index (χ2n) is 7.36. The number of unbranched alkanes of at least 4 members (excludes halogenated alkanes) is 1. The standard InChI is InChI=1S/C23H30N2O.ClH/c26-23(21-14-6-2-7-15-21)24-22(20-12-4-1-5-13-20)16-8-11-19-25-17-9-3-10-18-25;/h1-2,4-7,12-15,22H,3,8-11,16-19H2,(H,24,26);1H. The fraction of sp³-hybridized carbons (Fsp3) is 0.435. The van der Waals surface area contributed by atoms with Gasteiger partial charge in [-0.05, 0) is 56.2 Å². The van der Waals surface area contributed by atoms with E-state index in [1.54, 1.807) is 4.90 Å². The Kier molecular flexibility index (Phi) is 9.37. The van der Waals surface area contributed by atoms with Crippen LogP contribution in [0.1, 0.15) is 60.5 Å². The number of hydrogen-bond donors (Lipinski definition) is 2. The van der Waals surface area contributed by atoms with E-state index in [1.165, 1.54) is 50.9 Å². The van der Waals surface area contributed by atoms with Gasteiger partial charge in [0.15, 0.2) is 0 Å². The number of piperidine rings is 1. The van der Waals surface area contributed by atoms with Gasteiger partial charge in [-0.15, -0.1) is 0 Å². The van der Waals surface area contributed by atoms with Crippen LogP contribution in [0.2, 0.25) is 0 Å². The number of hydrogen-bond acceptors (Lipinski definition) is 1. The molecule has 0 aromatic heterocycles. The quantitative estimate of drug-likeness (QED) is 0.633. The molecule has 0 radical (unpaired) electrons. The molecule has 1 heterocycles. The van der Waals surface area contributed by atoms with Crippen LogP contribution in [0.25, 0.3) is 0 Å². The van der Waals surface area contributed by atoms with Crippen LogP contribution in [0.5, 0.6) is 0 Å². The number of quaternary nitrogens is 1. The van der Waals surface area contributed by atoms with Gasteiger partial charge < -0.3 is 22.6 Å². The predicted molar refractivity (Wildman–Crippen MR) is 106 cm³/mol. The minimum Gasteiger partial charge on any atom is -1.00 e. The number of amides is 1. The third kappa shape index (κ3) is 7.00. The first-order valence-electron chi connectivity index (χ1n) is 10.1. The molecule has 0 bridgehead atoms. The van der Waals surface area contributed by atoms with E-state index in [0.29, 0.717) is 0 Å².